The van der Waals surface area contributed by atoms with Gasteiger partial charge < -0.3 is 4.90 Å². The van der Waals surface area contributed by atoms with Crippen molar-refractivity contribution in [2.75, 3.05) is 27.2 Å². The third-order valence-electron chi connectivity index (χ3n) is 2.59. The lowest BCUT2D eigenvalue weighted by atomic mass is 10.2. The van der Waals surface area contributed by atoms with Gasteiger partial charge >= 0.3 is 0 Å². The maximum absolute atomic E-state index is 12.0. The molecule has 1 N–H and O–H groups in total. The highest BCUT2D eigenvalue weighted by molar-refractivity contribution is 7.89. The molecule has 0 spiro atoms. The Labute approximate surface area is 114 Å². The molecule has 0 saturated heterocycles. The van der Waals surface area contributed by atoms with Crippen LogP contribution in [-0.2, 0) is 16.4 Å². The first-order chi connectivity index (χ1) is 8.95. The summed E-state index contributed by atoms with van der Waals surface area (Å²) in [6.45, 7) is 1.25. The summed E-state index contributed by atoms with van der Waals surface area (Å²) in [5, 5.41) is 8.55. The number of nitrogens with zero attached hydrogens (tertiary/aromatic N) is 2. The summed E-state index contributed by atoms with van der Waals surface area (Å²) in [6.07, 6.45) is 1.05. The van der Waals surface area contributed by atoms with Crippen LogP contribution in [0.15, 0.2) is 29.2 Å². The van der Waals surface area contributed by atoms with Crippen LogP contribution >= 0.6 is 0 Å². The Morgan fingerprint density at radius 3 is 2.42 bits per heavy atom. The summed E-state index contributed by atoms with van der Waals surface area (Å²) in [5.74, 6) is 0. The van der Waals surface area contributed by atoms with Gasteiger partial charge in [0.05, 0.1) is 17.4 Å². The predicted molar refractivity (Wildman–Crippen MR) is 74.1 cm³/mol. The Morgan fingerprint density at radius 2 is 1.89 bits per heavy atom. The highest BCUT2D eigenvalue weighted by Gasteiger charge is 2.12. The molecule has 19 heavy (non-hydrogen) atoms. The molecule has 0 aliphatic rings. The quantitative estimate of drug-likeness (QED) is 0.756. The van der Waals surface area contributed by atoms with Gasteiger partial charge in [0.25, 0.3) is 0 Å². The van der Waals surface area contributed by atoms with Gasteiger partial charge in [-0.3, -0.25) is 0 Å². The summed E-state index contributed by atoms with van der Waals surface area (Å²) in [7, 11) is 0.452. The van der Waals surface area contributed by atoms with E-state index in [4.69, 9.17) is 5.26 Å². The van der Waals surface area contributed by atoms with Crippen LogP contribution in [-0.4, -0.2) is 40.5 Å². The molecule has 0 saturated carbocycles. The maximum atomic E-state index is 12.0. The third kappa shape index (κ3) is 5.39. The molecule has 0 unspecified atom stereocenters. The van der Waals surface area contributed by atoms with Gasteiger partial charge in [0.15, 0.2) is 0 Å². The smallest absolute Gasteiger partial charge is 0.240 e. The summed E-state index contributed by atoms with van der Waals surface area (Å²) in [5.41, 5.74) is 0.814. The Hall–Kier alpha value is -1.42. The molecule has 0 bridgehead atoms. The molecule has 0 aliphatic carbocycles. The number of nitriles is 1. The molecule has 0 aromatic heterocycles. The Morgan fingerprint density at radius 1 is 1.26 bits per heavy atom. The van der Waals surface area contributed by atoms with Gasteiger partial charge in [-0.1, -0.05) is 12.1 Å². The number of hydrogen-bond donors (Lipinski definition) is 1. The average Bonchev–Trinajstić information content (AvgIpc) is 2.36. The van der Waals surface area contributed by atoms with Gasteiger partial charge in [0.1, 0.15) is 0 Å². The number of sulfonamides is 1. The van der Waals surface area contributed by atoms with Gasteiger partial charge in [-0.05, 0) is 44.8 Å². The van der Waals surface area contributed by atoms with Crippen molar-refractivity contribution < 1.29 is 8.42 Å². The second-order valence-corrected chi connectivity index (χ2v) is 6.30. The molecule has 0 amide bonds. The topological polar surface area (TPSA) is 73.2 Å². The standard InChI is InChI=1S/C13H19N3O2S/c1-16(2)11-3-10-15-19(17,18)13-6-4-12(5-7-13)8-9-14/h4-7,15H,3,8,10-11H2,1-2H3. The molecule has 5 nitrogen and oxygen atoms in total. The van der Waals surface area contributed by atoms with Gasteiger partial charge in [-0.15, -0.1) is 0 Å². The SMILES string of the molecule is CN(C)CCCNS(=O)(=O)c1ccc(CC#N)cc1. The molecule has 1 aromatic carbocycles. The van der Waals surface area contributed by atoms with Crippen LogP contribution in [0.3, 0.4) is 0 Å². The van der Waals surface area contributed by atoms with Crippen molar-refractivity contribution in [3.8, 4) is 6.07 Å². The van der Waals surface area contributed by atoms with E-state index >= 15 is 0 Å². The van der Waals surface area contributed by atoms with Crippen LogP contribution in [0.5, 0.6) is 0 Å². The fraction of sp³-hybridized carbons (Fsp3) is 0.462. The summed E-state index contributed by atoms with van der Waals surface area (Å²) >= 11 is 0. The zero-order valence-electron chi connectivity index (χ0n) is 11.3. The molecule has 0 aliphatic heterocycles. The number of benzene rings is 1. The molecular weight excluding hydrogens is 262 g/mol. The first-order valence-corrected chi connectivity index (χ1v) is 7.54. The van der Waals surface area contributed by atoms with Crippen molar-refractivity contribution in [1.82, 2.24) is 9.62 Å². The minimum absolute atomic E-state index is 0.235. The molecule has 0 fully saturated rings. The van der Waals surface area contributed by atoms with Crippen molar-refractivity contribution in [1.29, 1.82) is 5.26 Å². The average molecular weight is 281 g/mol. The van der Waals surface area contributed by atoms with Gasteiger partial charge in [-0.2, -0.15) is 5.26 Å². The lowest BCUT2D eigenvalue weighted by molar-refractivity contribution is 0.400. The van der Waals surface area contributed by atoms with E-state index in [2.05, 4.69) is 4.72 Å². The minimum atomic E-state index is -3.44. The van der Waals surface area contributed by atoms with E-state index < -0.39 is 10.0 Å². The van der Waals surface area contributed by atoms with Crippen LogP contribution in [0.25, 0.3) is 0 Å². The molecule has 0 atom stereocenters. The largest absolute Gasteiger partial charge is 0.309 e. The van der Waals surface area contributed by atoms with E-state index in [9.17, 15) is 8.42 Å². The summed E-state index contributed by atoms with van der Waals surface area (Å²) < 4.78 is 26.5. The van der Waals surface area contributed by atoms with Gasteiger partial charge in [0, 0.05) is 6.54 Å². The van der Waals surface area contributed by atoms with Gasteiger partial charge in [0.2, 0.25) is 10.0 Å². The van der Waals surface area contributed by atoms with Crippen molar-refractivity contribution in [3.63, 3.8) is 0 Å². The van der Waals surface area contributed by atoms with E-state index in [-0.39, 0.29) is 11.3 Å². The van der Waals surface area contributed by atoms with Crippen molar-refractivity contribution in [2.45, 2.75) is 17.7 Å². The third-order valence-corrected chi connectivity index (χ3v) is 4.07. The second-order valence-electron chi connectivity index (χ2n) is 4.53. The molecular formula is C13H19N3O2S. The molecule has 6 heteroatoms. The van der Waals surface area contributed by atoms with Crippen LogP contribution in [0.2, 0.25) is 0 Å². The normalized spacial score (nSPS) is 11.5. The fourth-order valence-corrected chi connectivity index (χ4v) is 2.64. The molecule has 0 radical (unpaired) electrons. The Kier molecular flexibility index (Phi) is 5.96. The zero-order valence-corrected chi connectivity index (χ0v) is 12.1. The monoisotopic (exact) mass is 281 g/mol. The van der Waals surface area contributed by atoms with Crippen LogP contribution in [0.1, 0.15) is 12.0 Å². The Balaban J connectivity index is 2.59. The first-order valence-electron chi connectivity index (χ1n) is 6.06. The number of rotatable bonds is 7. The van der Waals surface area contributed by atoms with Crippen LogP contribution < -0.4 is 4.72 Å². The fourth-order valence-electron chi connectivity index (χ4n) is 1.56. The van der Waals surface area contributed by atoms with E-state index in [0.29, 0.717) is 6.54 Å². The lowest BCUT2D eigenvalue weighted by Gasteiger charge is -2.10. The Bertz CT molecular complexity index is 530. The number of nitrogens with one attached hydrogen (secondary N) is 1. The highest BCUT2D eigenvalue weighted by Crippen LogP contribution is 2.10. The first kappa shape index (κ1) is 15.6. The van der Waals surface area contributed by atoms with E-state index in [0.717, 1.165) is 18.5 Å². The van der Waals surface area contributed by atoms with Gasteiger partial charge in [-0.25, -0.2) is 13.1 Å². The molecule has 104 valence electrons. The van der Waals surface area contributed by atoms with E-state index in [1.54, 1.807) is 12.1 Å². The van der Waals surface area contributed by atoms with Crippen molar-refractivity contribution in [3.05, 3.63) is 29.8 Å². The lowest BCUT2D eigenvalue weighted by Crippen LogP contribution is -2.27. The molecule has 0 heterocycles. The maximum Gasteiger partial charge on any atom is 0.240 e. The molecule has 1 rings (SSSR count). The van der Waals surface area contributed by atoms with Crippen molar-refractivity contribution in [2.24, 2.45) is 0 Å². The highest BCUT2D eigenvalue weighted by atomic mass is 32.2. The van der Waals surface area contributed by atoms with Crippen molar-refractivity contribution >= 4 is 10.0 Å². The summed E-state index contributed by atoms with van der Waals surface area (Å²) in [4.78, 5) is 2.24. The van der Waals surface area contributed by atoms with Crippen LogP contribution in [0.4, 0.5) is 0 Å². The minimum Gasteiger partial charge on any atom is -0.309 e. The molecule has 1 aromatic rings. The van der Waals surface area contributed by atoms with E-state index in [1.165, 1.54) is 12.1 Å². The van der Waals surface area contributed by atoms with E-state index in [1.807, 2.05) is 25.1 Å². The zero-order chi connectivity index (χ0) is 14.3. The number of hydrogen-bond acceptors (Lipinski definition) is 4. The summed E-state index contributed by atoms with van der Waals surface area (Å²) in [6, 6.07) is 8.41. The van der Waals surface area contributed by atoms with Crippen LogP contribution in [0, 0.1) is 11.3 Å². The second kappa shape index (κ2) is 7.24. The predicted octanol–water partition coefficient (Wildman–Crippen LogP) is 0.983.